The second-order valence-electron chi connectivity index (χ2n) is 8.85. The van der Waals surface area contributed by atoms with Crippen LogP contribution in [-0.4, -0.2) is 33.1 Å². The van der Waals surface area contributed by atoms with Gasteiger partial charge >= 0.3 is 6.36 Å². The lowest BCUT2D eigenvalue weighted by Crippen LogP contribution is -2.25. The molecule has 1 aliphatic carbocycles. The molecule has 2 heterocycles. The average molecular weight is 521 g/mol. The van der Waals surface area contributed by atoms with Gasteiger partial charge in [0.25, 0.3) is 11.8 Å². The molecule has 0 spiro atoms. The third-order valence-electron chi connectivity index (χ3n) is 6.11. The summed E-state index contributed by atoms with van der Waals surface area (Å²) in [4.78, 5) is 37.6. The number of halogens is 3. The van der Waals surface area contributed by atoms with Crippen LogP contribution >= 0.6 is 0 Å². The van der Waals surface area contributed by atoms with E-state index in [1.807, 2.05) is 31.2 Å². The number of imidazole rings is 1. The van der Waals surface area contributed by atoms with Gasteiger partial charge in [0, 0.05) is 29.7 Å². The SMILES string of the molecule is CC1CC=C(C(=O)NCc2ccc(OC(F)(F)F)cc2)c2nc(NC(=O)c3cc4ccccc4cn3)[nH]c21. The van der Waals surface area contributed by atoms with Gasteiger partial charge in [-0.2, -0.15) is 0 Å². The maximum atomic E-state index is 13.0. The van der Waals surface area contributed by atoms with Crippen LogP contribution in [0.15, 0.2) is 66.9 Å². The number of benzene rings is 2. The van der Waals surface area contributed by atoms with Gasteiger partial charge in [-0.15, -0.1) is 13.2 Å². The van der Waals surface area contributed by atoms with Gasteiger partial charge in [0.05, 0.1) is 11.3 Å². The van der Waals surface area contributed by atoms with E-state index in [2.05, 4.69) is 30.3 Å². The third-order valence-corrected chi connectivity index (χ3v) is 6.11. The maximum Gasteiger partial charge on any atom is 0.573 e. The number of nitrogens with zero attached hydrogens (tertiary/aromatic N) is 2. The third kappa shape index (κ3) is 5.51. The Kier molecular flexibility index (Phi) is 6.58. The van der Waals surface area contributed by atoms with Gasteiger partial charge in [0.2, 0.25) is 5.95 Å². The molecule has 0 saturated heterocycles. The van der Waals surface area contributed by atoms with Crippen molar-refractivity contribution in [1.29, 1.82) is 0 Å². The van der Waals surface area contributed by atoms with Gasteiger partial charge in [-0.05, 0) is 35.6 Å². The van der Waals surface area contributed by atoms with Crippen molar-refractivity contribution in [2.24, 2.45) is 0 Å². The highest BCUT2D eigenvalue weighted by atomic mass is 19.4. The zero-order valence-corrected chi connectivity index (χ0v) is 20.1. The number of carbonyl (C=O) groups excluding carboxylic acids is 2. The summed E-state index contributed by atoms with van der Waals surface area (Å²) < 4.78 is 40.9. The van der Waals surface area contributed by atoms with Crippen molar-refractivity contribution in [3.05, 3.63) is 89.5 Å². The van der Waals surface area contributed by atoms with Gasteiger partial charge in [0.15, 0.2) is 0 Å². The standard InChI is InChI=1S/C27H22F3N5O3/c1-15-6-11-20(24(36)32-13-16-7-9-19(10-8-16)38-27(28,29)30)23-22(15)33-26(34-23)35-25(37)21-12-17-4-2-3-5-18(17)14-31-21/h2-5,7-12,14-15H,6,13H2,1H3,(H,32,36)(H2,33,34,35,37). The highest BCUT2D eigenvalue weighted by molar-refractivity contribution is 6.19. The van der Waals surface area contributed by atoms with Gasteiger partial charge < -0.3 is 15.0 Å². The average Bonchev–Trinajstić information content (AvgIpc) is 3.31. The minimum Gasteiger partial charge on any atom is -0.406 e. The van der Waals surface area contributed by atoms with Crippen molar-refractivity contribution in [1.82, 2.24) is 20.3 Å². The number of amides is 2. The Labute approximate surface area is 214 Å². The number of hydrogen-bond acceptors (Lipinski definition) is 5. The monoisotopic (exact) mass is 521 g/mol. The summed E-state index contributed by atoms with van der Waals surface area (Å²) in [5, 5.41) is 7.28. The molecule has 1 atom stereocenters. The Morgan fingerprint density at radius 3 is 2.55 bits per heavy atom. The topological polar surface area (TPSA) is 109 Å². The fraction of sp³-hybridized carbons (Fsp3) is 0.185. The zero-order chi connectivity index (χ0) is 26.9. The molecular weight excluding hydrogens is 499 g/mol. The fourth-order valence-corrected chi connectivity index (χ4v) is 4.18. The molecule has 1 aliphatic rings. The maximum absolute atomic E-state index is 13.0. The van der Waals surface area contributed by atoms with E-state index in [1.165, 1.54) is 24.3 Å². The number of aromatic amines is 1. The Morgan fingerprint density at radius 1 is 1.08 bits per heavy atom. The predicted octanol–water partition coefficient (Wildman–Crippen LogP) is 5.32. The number of rotatable bonds is 6. The summed E-state index contributed by atoms with van der Waals surface area (Å²) in [7, 11) is 0. The lowest BCUT2D eigenvalue weighted by atomic mass is 9.91. The number of aromatic nitrogens is 3. The number of ether oxygens (including phenoxy) is 1. The number of H-pyrrole nitrogens is 1. The first-order valence-corrected chi connectivity index (χ1v) is 11.8. The first-order chi connectivity index (χ1) is 18.2. The second kappa shape index (κ2) is 10.0. The summed E-state index contributed by atoms with van der Waals surface area (Å²) in [6.07, 6.45) is -0.783. The number of nitrogens with one attached hydrogen (secondary N) is 3. The molecule has 8 nitrogen and oxygen atoms in total. The lowest BCUT2D eigenvalue weighted by molar-refractivity contribution is -0.274. The van der Waals surface area contributed by atoms with Gasteiger partial charge in [-0.3, -0.25) is 19.9 Å². The van der Waals surface area contributed by atoms with Crippen LogP contribution in [0.2, 0.25) is 0 Å². The number of allylic oxidation sites excluding steroid dienone is 1. The summed E-state index contributed by atoms with van der Waals surface area (Å²) in [6.45, 7) is 2.07. The van der Waals surface area contributed by atoms with E-state index in [1.54, 1.807) is 18.3 Å². The van der Waals surface area contributed by atoms with Crippen molar-refractivity contribution >= 4 is 34.1 Å². The molecule has 11 heteroatoms. The van der Waals surface area contributed by atoms with E-state index in [0.717, 1.165) is 10.8 Å². The van der Waals surface area contributed by atoms with Crippen LogP contribution in [0.5, 0.6) is 5.75 Å². The highest BCUT2D eigenvalue weighted by Crippen LogP contribution is 2.34. The molecule has 0 saturated carbocycles. The molecule has 2 aromatic carbocycles. The van der Waals surface area contributed by atoms with Crippen molar-refractivity contribution in [3.63, 3.8) is 0 Å². The predicted molar refractivity (Wildman–Crippen MR) is 134 cm³/mol. The molecular formula is C27H22F3N5O3. The Bertz CT molecular complexity index is 1540. The van der Waals surface area contributed by atoms with Crippen molar-refractivity contribution < 1.29 is 27.5 Å². The van der Waals surface area contributed by atoms with Crippen molar-refractivity contribution in [2.45, 2.75) is 32.2 Å². The Morgan fingerprint density at radius 2 is 1.82 bits per heavy atom. The van der Waals surface area contributed by atoms with Crippen LogP contribution in [0.1, 0.15) is 46.7 Å². The van der Waals surface area contributed by atoms with E-state index < -0.39 is 18.2 Å². The van der Waals surface area contributed by atoms with Crippen molar-refractivity contribution in [3.8, 4) is 5.75 Å². The molecule has 5 rings (SSSR count). The van der Waals surface area contributed by atoms with Crippen LogP contribution in [0.25, 0.3) is 16.3 Å². The largest absolute Gasteiger partial charge is 0.573 e. The molecule has 3 N–H and O–H groups in total. The number of fused-ring (bicyclic) bond motifs is 2. The fourth-order valence-electron chi connectivity index (χ4n) is 4.18. The second-order valence-corrected chi connectivity index (χ2v) is 8.85. The number of pyridine rings is 1. The molecule has 4 aromatic rings. The van der Waals surface area contributed by atoms with E-state index >= 15 is 0 Å². The molecule has 194 valence electrons. The first kappa shape index (κ1) is 25.0. The zero-order valence-electron chi connectivity index (χ0n) is 20.1. The number of hydrogen-bond donors (Lipinski definition) is 3. The van der Waals surface area contributed by atoms with Crippen LogP contribution in [0, 0.1) is 0 Å². The number of anilines is 1. The molecule has 0 aliphatic heterocycles. The van der Waals surface area contributed by atoms with Crippen molar-refractivity contribution in [2.75, 3.05) is 5.32 Å². The molecule has 0 bridgehead atoms. The van der Waals surface area contributed by atoms with Gasteiger partial charge in [0.1, 0.15) is 11.4 Å². The molecule has 1 unspecified atom stereocenters. The summed E-state index contributed by atoms with van der Waals surface area (Å²) in [5.74, 6) is -0.940. The molecule has 38 heavy (non-hydrogen) atoms. The smallest absolute Gasteiger partial charge is 0.406 e. The van der Waals surface area contributed by atoms with E-state index in [-0.39, 0.29) is 29.9 Å². The minimum absolute atomic E-state index is 0.0414. The van der Waals surface area contributed by atoms with Crippen LogP contribution < -0.4 is 15.4 Å². The van der Waals surface area contributed by atoms with Gasteiger partial charge in [-0.1, -0.05) is 49.4 Å². The molecule has 0 radical (unpaired) electrons. The summed E-state index contributed by atoms with van der Waals surface area (Å²) in [5.41, 5.74) is 2.31. The Balaban J connectivity index is 1.27. The van der Waals surface area contributed by atoms with Crippen LogP contribution in [-0.2, 0) is 11.3 Å². The van der Waals surface area contributed by atoms with E-state index in [9.17, 15) is 22.8 Å². The summed E-state index contributed by atoms with van der Waals surface area (Å²) in [6, 6.07) is 14.5. The lowest BCUT2D eigenvalue weighted by Gasteiger charge is -2.17. The van der Waals surface area contributed by atoms with E-state index in [0.29, 0.717) is 28.9 Å². The van der Waals surface area contributed by atoms with E-state index in [4.69, 9.17) is 0 Å². The molecule has 2 amide bonds. The summed E-state index contributed by atoms with van der Waals surface area (Å²) >= 11 is 0. The van der Waals surface area contributed by atoms with Crippen LogP contribution in [0.4, 0.5) is 19.1 Å². The first-order valence-electron chi connectivity index (χ1n) is 11.8. The Hall–Kier alpha value is -4.67. The van der Waals surface area contributed by atoms with Crippen LogP contribution in [0.3, 0.4) is 0 Å². The molecule has 0 fully saturated rings. The number of alkyl halides is 3. The normalized spacial score (nSPS) is 14.9. The highest BCUT2D eigenvalue weighted by Gasteiger charge is 2.31. The molecule has 2 aromatic heterocycles. The van der Waals surface area contributed by atoms with Gasteiger partial charge in [-0.25, -0.2) is 4.98 Å². The number of carbonyl (C=O) groups is 2. The minimum atomic E-state index is -4.77. The quantitative estimate of drug-likeness (QED) is 0.318.